The Labute approximate surface area is 147 Å². The number of amides is 2. The molecule has 0 spiro atoms. The van der Waals surface area contributed by atoms with Crippen molar-refractivity contribution in [2.75, 3.05) is 32.7 Å². The number of nitrogens with one attached hydrogen (secondary N) is 1. The van der Waals surface area contributed by atoms with Gasteiger partial charge in [0.2, 0.25) is 5.91 Å². The van der Waals surface area contributed by atoms with Gasteiger partial charge < -0.3 is 10.2 Å². The molecule has 1 aliphatic heterocycles. The minimum Gasteiger partial charge on any atom is -0.353 e. The van der Waals surface area contributed by atoms with Crippen molar-refractivity contribution in [3.63, 3.8) is 0 Å². The number of benzene rings is 1. The van der Waals surface area contributed by atoms with Crippen molar-refractivity contribution >= 4 is 22.7 Å². The first-order valence-corrected chi connectivity index (χ1v) is 8.70. The van der Waals surface area contributed by atoms with Crippen molar-refractivity contribution in [2.45, 2.75) is 19.9 Å². The van der Waals surface area contributed by atoms with Gasteiger partial charge in [-0.3, -0.25) is 14.5 Å². The Kier molecular flexibility index (Phi) is 5.28. The predicted molar refractivity (Wildman–Crippen MR) is 97.4 cm³/mol. The van der Waals surface area contributed by atoms with Crippen LogP contribution in [-0.4, -0.2) is 65.4 Å². The molecule has 1 aliphatic rings. The highest BCUT2D eigenvalue weighted by atomic mass is 16.2. The van der Waals surface area contributed by atoms with E-state index < -0.39 is 0 Å². The van der Waals surface area contributed by atoms with E-state index in [1.165, 1.54) is 0 Å². The van der Waals surface area contributed by atoms with Gasteiger partial charge in [-0.05, 0) is 26.0 Å². The summed E-state index contributed by atoms with van der Waals surface area (Å²) in [5.41, 5.74) is 1.31. The summed E-state index contributed by atoms with van der Waals surface area (Å²) in [6, 6.07) is 11.6. The highest BCUT2D eigenvalue weighted by molar-refractivity contribution is 5.95. The second-order valence-corrected chi connectivity index (χ2v) is 6.68. The lowest BCUT2D eigenvalue weighted by atomic mass is 10.2. The number of para-hydroxylation sites is 1. The second-order valence-electron chi connectivity index (χ2n) is 6.68. The summed E-state index contributed by atoms with van der Waals surface area (Å²) < 4.78 is 0. The Morgan fingerprint density at radius 2 is 1.80 bits per heavy atom. The van der Waals surface area contributed by atoms with Crippen molar-refractivity contribution in [1.29, 1.82) is 0 Å². The summed E-state index contributed by atoms with van der Waals surface area (Å²) in [4.78, 5) is 32.9. The third-order valence-electron chi connectivity index (χ3n) is 4.29. The van der Waals surface area contributed by atoms with E-state index in [-0.39, 0.29) is 17.9 Å². The Morgan fingerprint density at radius 3 is 2.52 bits per heavy atom. The minimum absolute atomic E-state index is 0.0333. The molecule has 0 unspecified atom stereocenters. The zero-order valence-electron chi connectivity index (χ0n) is 14.7. The lowest BCUT2D eigenvalue weighted by Crippen LogP contribution is -2.51. The van der Waals surface area contributed by atoms with Gasteiger partial charge in [-0.2, -0.15) is 0 Å². The Hall–Kier alpha value is -2.47. The van der Waals surface area contributed by atoms with Gasteiger partial charge in [0.15, 0.2) is 0 Å². The van der Waals surface area contributed by atoms with Crippen LogP contribution in [0.25, 0.3) is 10.9 Å². The average Bonchev–Trinajstić information content (AvgIpc) is 2.60. The van der Waals surface area contributed by atoms with E-state index in [1.54, 1.807) is 6.07 Å². The Bertz CT molecular complexity index is 767. The monoisotopic (exact) mass is 340 g/mol. The minimum atomic E-state index is -0.0444. The molecular formula is C19H24N4O2. The summed E-state index contributed by atoms with van der Waals surface area (Å²) in [5, 5.41) is 3.92. The number of piperazine rings is 1. The third-order valence-corrected chi connectivity index (χ3v) is 4.29. The van der Waals surface area contributed by atoms with Gasteiger partial charge in [0.1, 0.15) is 5.69 Å². The van der Waals surface area contributed by atoms with E-state index in [0.717, 1.165) is 10.9 Å². The van der Waals surface area contributed by atoms with Crippen LogP contribution >= 0.6 is 0 Å². The van der Waals surface area contributed by atoms with Crippen molar-refractivity contribution in [3.05, 3.63) is 42.1 Å². The number of aromatic nitrogens is 1. The highest BCUT2D eigenvalue weighted by Crippen LogP contribution is 2.14. The first kappa shape index (κ1) is 17.4. The zero-order chi connectivity index (χ0) is 17.8. The lowest BCUT2D eigenvalue weighted by molar-refractivity contribution is -0.123. The molecule has 0 atom stereocenters. The van der Waals surface area contributed by atoms with Gasteiger partial charge in [-0.15, -0.1) is 0 Å². The molecule has 2 amide bonds. The molecule has 0 saturated carbocycles. The number of rotatable bonds is 4. The lowest BCUT2D eigenvalue weighted by Gasteiger charge is -2.34. The molecule has 0 radical (unpaired) electrons. The fraction of sp³-hybridized carbons (Fsp3) is 0.421. The normalized spacial score (nSPS) is 15.6. The van der Waals surface area contributed by atoms with Gasteiger partial charge in [0.05, 0.1) is 12.1 Å². The SMILES string of the molecule is CC(C)NC(=O)CN1CCN(C(=O)c2ccc3ccccc3n2)CC1. The predicted octanol–water partition coefficient (Wildman–Crippen LogP) is 1.52. The van der Waals surface area contributed by atoms with Crippen LogP contribution in [0.1, 0.15) is 24.3 Å². The van der Waals surface area contributed by atoms with Gasteiger partial charge in [0.25, 0.3) is 5.91 Å². The molecule has 6 heteroatoms. The molecule has 3 rings (SSSR count). The average molecular weight is 340 g/mol. The maximum atomic E-state index is 12.7. The van der Waals surface area contributed by atoms with E-state index >= 15 is 0 Å². The summed E-state index contributed by atoms with van der Waals surface area (Å²) >= 11 is 0. The van der Waals surface area contributed by atoms with E-state index in [1.807, 2.05) is 49.1 Å². The van der Waals surface area contributed by atoms with Crippen LogP contribution < -0.4 is 5.32 Å². The first-order valence-electron chi connectivity index (χ1n) is 8.70. The van der Waals surface area contributed by atoms with Gasteiger partial charge in [-0.1, -0.05) is 24.3 Å². The van der Waals surface area contributed by atoms with Crippen LogP contribution in [0.5, 0.6) is 0 Å². The number of carbonyl (C=O) groups is 2. The number of nitrogens with zero attached hydrogens (tertiary/aromatic N) is 3. The second kappa shape index (κ2) is 7.61. The molecule has 1 aromatic carbocycles. The molecule has 2 aromatic rings. The Balaban J connectivity index is 1.58. The van der Waals surface area contributed by atoms with Crippen LogP contribution in [0.3, 0.4) is 0 Å². The van der Waals surface area contributed by atoms with Crippen LogP contribution in [0.15, 0.2) is 36.4 Å². The Morgan fingerprint density at radius 1 is 1.08 bits per heavy atom. The number of carbonyl (C=O) groups excluding carboxylic acids is 2. The van der Waals surface area contributed by atoms with Crippen molar-refractivity contribution < 1.29 is 9.59 Å². The maximum Gasteiger partial charge on any atom is 0.272 e. The number of hydrogen-bond donors (Lipinski definition) is 1. The van der Waals surface area contributed by atoms with E-state index in [4.69, 9.17) is 0 Å². The molecule has 1 N–H and O–H groups in total. The zero-order valence-corrected chi connectivity index (χ0v) is 14.7. The summed E-state index contributed by atoms with van der Waals surface area (Å²) in [7, 11) is 0. The maximum absolute atomic E-state index is 12.7. The number of pyridine rings is 1. The molecular weight excluding hydrogens is 316 g/mol. The molecule has 132 valence electrons. The standard InChI is InChI=1S/C19H24N4O2/c1-14(2)20-18(24)13-22-9-11-23(12-10-22)19(25)17-8-7-15-5-3-4-6-16(15)21-17/h3-8,14H,9-13H2,1-2H3,(H,20,24). The molecule has 6 nitrogen and oxygen atoms in total. The van der Waals surface area contributed by atoms with Crippen LogP contribution in [0.4, 0.5) is 0 Å². The van der Waals surface area contributed by atoms with E-state index in [0.29, 0.717) is 38.4 Å². The summed E-state index contributed by atoms with van der Waals surface area (Å²) in [5.74, 6) is -0.0111. The quantitative estimate of drug-likeness (QED) is 0.916. The van der Waals surface area contributed by atoms with Gasteiger partial charge >= 0.3 is 0 Å². The van der Waals surface area contributed by atoms with E-state index in [9.17, 15) is 9.59 Å². The van der Waals surface area contributed by atoms with Crippen LogP contribution in [0, 0.1) is 0 Å². The third kappa shape index (κ3) is 4.33. The molecule has 0 aliphatic carbocycles. The molecule has 1 saturated heterocycles. The summed E-state index contributed by atoms with van der Waals surface area (Å²) in [6.45, 7) is 6.91. The number of fused-ring (bicyclic) bond motifs is 1. The molecule has 25 heavy (non-hydrogen) atoms. The van der Waals surface area contributed by atoms with Gasteiger partial charge in [-0.25, -0.2) is 4.98 Å². The topological polar surface area (TPSA) is 65.5 Å². The fourth-order valence-corrected chi connectivity index (χ4v) is 3.03. The van der Waals surface area contributed by atoms with Crippen molar-refractivity contribution in [3.8, 4) is 0 Å². The van der Waals surface area contributed by atoms with Gasteiger partial charge in [0, 0.05) is 37.6 Å². The largest absolute Gasteiger partial charge is 0.353 e. The first-order chi connectivity index (χ1) is 12.0. The van der Waals surface area contributed by atoms with E-state index in [2.05, 4.69) is 15.2 Å². The summed E-state index contributed by atoms with van der Waals surface area (Å²) in [6.07, 6.45) is 0. The molecule has 1 fully saturated rings. The van der Waals surface area contributed by atoms with Crippen molar-refractivity contribution in [1.82, 2.24) is 20.1 Å². The fourth-order valence-electron chi connectivity index (χ4n) is 3.03. The van der Waals surface area contributed by atoms with Crippen LogP contribution in [0.2, 0.25) is 0 Å². The molecule has 0 bridgehead atoms. The van der Waals surface area contributed by atoms with Crippen LogP contribution in [-0.2, 0) is 4.79 Å². The van der Waals surface area contributed by atoms with Crippen molar-refractivity contribution in [2.24, 2.45) is 0 Å². The smallest absolute Gasteiger partial charge is 0.272 e. The number of hydrogen-bond acceptors (Lipinski definition) is 4. The highest BCUT2D eigenvalue weighted by Gasteiger charge is 2.24. The molecule has 2 heterocycles. The molecule has 1 aromatic heterocycles.